The third-order valence-electron chi connectivity index (χ3n) is 4.47. The number of nitrogens with one attached hydrogen (secondary N) is 3. The zero-order chi connectivity index (χ0) is 22.4. The molecule has 0 spiro atoms. The van der Waals surface area contributed by atoms with Gasteiger partial charge in [0.2, 0.25) is 0 Å². The molecule has 0 fully saturated rings. The van der Waals surface area contributed by atoms with Crippen LogP contribution in [0.5, 0.6) is 0 Å². The van der Waals surface area contributed by atoms with Gasteiger partial charge in [-0.05, 0) is 54.5 Å². The molecule has 158 valence electrons. The summed E-state index contributed by atoms with van der Waals surface area (Å²) in [6.07, 6.45) is 0. The van der Waals surface area contributed by atoms with Crippen molar-refractivity contribution >= 4 is 51.9 Å². The molecule has 0 saturated carbocycles. The van der Waals surface area contributed by atoms with Crippen molar-refractivity contribution in [2.45, 2.75) is 13.0 Å². The molecule has 3 N–H and O–H groups in total. The van der Waals surface area contributed by atoms with Crippen LogP contribution >= 0.6 is 23.8 Å². The Labute approximate surface area is 189 Å². The standard InChI is InChI=1S/C22H19ClN4O3S/c1-14-13-16(23)11-12-17(14)24-21(28)20(15-7-3-2-4-8-15)26-22(31)25-18-9-5-6-10-19(18)27(29)30/h2-13,20H,1H3,(H,24,28)(H2,25,26,31). The Bertz CT molecular complexity index is 1120. The van der Waals surface area contributed by atoms with Crippen LogP contribution in [-0.4, -0.2) is 15.9 Å². The number of aryl methyl sites for hydroxylation is 1. The summed E-state index contributed by atoms with van der Waals surface area (Å²) in [6, 6.07) is 19.5. The van der Waals surface area contributed by atoms with E-state index in [1.807, 2.05) is 25.1 Å². The number of carbonyl (C=O) groups is 1. The SMILES string of the molecule is Cc1cc(Cl)ccc1NC(=O)C(NC(=S)Nc1ccccc1[N+](=O)[O-])c1ccccc1. The van der Waals surface area contributed by atoms with Gasteiger partial charge in [-0.3, -0.25) is 14.9 Å². The molecular formula is C22H19ClN4O3S. The minimum Gasteiger partial charge on any atom is -0.347 e. The highest BCUT2D eigenvalue weighted by Crippen LogP contribution is 2.24. The van der Waals surface area contributed by atoms with E-state index >= 15 is 0 Å². The predicted octanol–water partition coefficient (Wildman–Crippen LogP) is 5.22. The van der Waals surface area contributed by atoms with Gasteiger partial charge in [-0.1, -0.05) is 54.1 Å². The summed E-state index contributed by atoms with van der Waals surface area (Å²) in [6.45, 7) is 1.84. The molecule has 3 aromatic rings. The zero-order valence-electron chi connectivity index (χ0n) is 16.5. The van der Waals surface area contributed by atoms with E-state index in [0.29, 0.717) is 16.3 Å². The quantitative estimate of drug-likeness (QED) is 0.268. The summed E-state index contributed by atoms with van der Waals surface area (Å²) in [5.74, 6) is -0.344. The number of anilines is 2. The van der Waals surface area contributed by atoms with Crippen molar-refractivity contribution < 1.29 is 9.72 Å². The van der Waals surface area contributed by atoms with Crippen LogP contribution < -0.4 is 16.0 Å². The van der Waals surface area contributed by atoms with Gasteiger partial charge in [0.1, 0.15) is 11.7 Å². The molecule has 1 unspecified atom stereocenters. The van der Waals surface area contributed by atoms with E-state index < -0.39 is 11.0 Å². The van der Waals surface area contributed by atoms with E-state index in [0.717, 1.165) is 5.56 Å². The smallest absolute Gasteiger partial charge is 0.292 e. The predicted molar refractivity (Wildman–Crippen MR) is 126 cm³/mol. The molecule has 31 heavy (non-hydrogen) atoms. The van der Waals surface area contributed by atoms with E-state index in [1.54, 1.807) is 48.5 Å². The number of para-hydroxylation sites is 2. The summed E-state index contributed by atoms with van der Waals surface area (Å²) in [4.78, 5) is 23.8. The number of hydrogen-bond acceptors (Lipinski definition) is 4. The largest absolute Gasteiger partial charge is 0.347 e. The van der Waals surface area contributed by atoms with Crippen molar-refractivity contribution in [3.8, 4) is 0 Å². The van der Waals surface area contributed by atoms with Crippen LogP contribution in [0.2, 0.25) is 5.02 Å². The first-order valence-corrected chi connectivity index (χ1v) is 10.1. The van der Waals surface area contributed by atoms with E-state index in [-0.39, 0.29) is 22.4 Å². The zero-order valence-corrected chi connectivity index (χ0v) is 18.0. The van der Waals surface area contributed by atoms with Crippen molar-refractivity contribution in [1.29, 1.82) is 0 Å². The number of rotatable bonds is 6. The van der Waals surface area contributed by atoms with Crippen LogP contribution in [-0.2, 0) is 4.79 Å². The first-order chi connectivity index (χ1) is 14.8. The summed E-state index contributed by atoms with van der Waals surface area (Å²) in [5, 5.41) is 20.5. The third-order valence-corrected chi connectivity index (χ3v) is 4.92. The Kier molecular flexibility index (Phi) is 7.17. The van der Waals surface area contributed by atoms with Crippen LogP contribution in [0, 0.1) is 17.0 Å². The molecule has 0 aliphatic rings. The van der Waals surface area contributed by atoms with Crippen LogP contribution in [0.3, 0.4) is 0 Å². The number of benzene rings is 3. The number of carbonyl (C=O) groups excluding carboxylic acids is 1. The first-order valence-electron chi connectivity index (χ1n) is 9.28. The van der Waals surface area contributed by atoms with Gasteiger partial charge in [0.05, 0.1) is 4.92 Å². The van der Waals surface area contributed by atoms with Crippen molar-refractivity contribution in [3.63, 3.8) is 0 Å². The molecule has 0 bridgehead atoms. The maximum absolute atomic E-state index is 13.1. The molecule has 0 radical (unpaired) electrons. The fourth-order valence-corrected chi connectivity index (χ4v) is 3.40. The van der Waals surface area contributed by atoms with Gasteiger partial charge < -0.3 is 16.0 Å². The van der Waals surface area contributed by atoms with Gasteiger partial charge >= 0.3 is 0 Å². The normalized spacial score (nSPS) is 11.3. The first kappa shape index (κ1) is 22.2. The van der Waals surface area contributed by atoms with Gasteiger partial charge in [-0.2, -0.15) is 0 Å². The Balaban J connectivity index is 1.82. The molecule has 9 heteroatoms. The second-order valence-electron chi connectivity index (χ2n) is 6.66. The molecule has 0 saturated heterocycles. The molecule has 1 atom stereocenters. The van der Waals surface area contributed by atoms with Crippen LogP contribution in [0.15, 0.2) is 72.8 Å². The topological polar surface area (TPSA) is 96.3 Å². The maximum Gasteiger partial charge on any atom is 0.292 e. The summed E-state index contributed by atoms with van der Waals surface area (Å²) in [7, 11) is 0. The minimum atomic E-state index is -0.834. The fourth-order valence-electron chi connectivity index (χ4n) is 2.95. The van der Waals surface area contributed by atoms with Crippen molar-refractivity contribution in [3.05, 3.63) is 99.1 Å². The van der Waals surface area contributed by atoms with E-state index in [1.165, 1.54) is 6.07 Å². The lowest BCUT2D eigenvalue weighted by Gasteiger charge is -2.21. The second kappa shape index (κ2) is 10.0. The number of nitrogens with zero attached hydrogens (tertiary/aromatic N) is 1. The summed E-state index contributed by atoms with van der Waals surface area (Å²) >= 11 is 11.3. The molecule has 0 heterocycles. The molecule has 0 aliphatic carbocycles. The van der Waals surface area contributed by atoms with Crippen LogP contribution in [0.4, 0.5) is 17.1 Å². The Hall–Kier alpha value is -3.49. The van der Waals surface area contributed by atoms with Crippen molar-refractivity contribution in [2.24, 2.45) is 0 Å². The number of halogens is 1. The lowest BCUT2D eigenvalue weighted by atomic mass is 10.1. The molecule has 0 aromatic heterocycles. The van der Waals surface area contributed by atoms with Gasteiger partial charge in [0, 0.05) is 16.8 Å². The number of nitro groups is 1. The monoisotopic (exact) mass is 454 g/mol. The minimum absolute atomic E-state index is 0.0751. The van der Waals surface area contributed by atoms with E-state index in [9.17, 15) is 14.9 Å². The highest BCUT2D eigenvalue weighted by atomic mass is 35.5. The number of thiocarbonyl (C=S) groups is 1. The van der Waals surface area contributed by atoms with E-state index in [2.05, 4.69) is 16.0 Å². The van der Waals surface area contributed by atoms with Gasteiger partial charge in [0.15, 0.2) is 5.11 Å². The Morgan fingerprint density at radius 1 is 1.00 bits per heavy atom. The molecule has 1 amide bonds. The van der Waals surface area contributed by atoms with Gasteiger partial charge in [-0.15, -0.1) is 0 Å². The van der Waals surface area contributed by atoms with Gasteiger partial charge in [0.25, 0.3) is 11.6 Å². The summed E-state index contributed by atoms with van der Waals surface area (Å²) in [5.41, 5.74) is 2.22. The van der Waals surface area contributed by atoms with Crippen LogP contribution in [0.1, 0.15) is 17.2 Å². The highest BCUT2D eigenvalue weighted by molar-refractivity contribution is 7.80. The molecular weight excluding hydrogens is 436 g/mol. The maximum atomic E-state index is 13.1. The molecule has 7 nitrogen and oxygen atoms in total. The Morgan fingerprint density at radius 3 is 2.35 bits per heavy atom. The number of nitro benzene ring substituents is 1. The van der Waals surface area contributed by atoms with Crippen molar-refractivity contribution in [1.82, 2.24) is 5.32 Å². The molecule has 0 aliphatic heterocycles. The van der Waals surface area contributed by atoms with Crippen LogP contribution in [0.25, 0.3) is 0 Å². The second-order valence-corrected chi connectivity index (χ2v) is 7.51. The fraction of sp³-hybridized carbons (Fsp3) is 0.0909. The Morgan fingerprint density at radius 2 is 1.68 bits per heavy atom. The van der Waals surface area contributed by atoms with Crippen molar-refractivity contribution in [2.75, 3.05) is 10.6 Å². The molecule has 3 aromatic carbocycles. The molecule has 3 rings (SSSR count). The number of hydrogen-bond donors (Lipinski definition) is 3. The lowest BCUT2D eigenvalue weighted by Crippen LogP contribution is -2.39. The highest BCUT2D eigenvalue weighted by Gasteiger charge is 2.23. The number of amides is 1. The average Bonchev–Trinajstić information content (AvgIpc) is 2.75. The summed E-state index contributed by atoms with van der Waals surface area (Å²) < 4.78 is 0. The average molecular weight is 455 g/mol. The third kappa shape index (κ3) is 5.78. The lowest BCUT2D eigenvalue weighted by molar-refractivity contribution is -0.383. The van der Waals surface area contributed by atoms with E-state index in [4.69, 9.17) is 23.8 Å². The van der Waals surface area contributed by atoms with Gasteiger partial charge in [-0.25, -0.2) is 0 Å².